The molecule has 144 valence electrons. The normalized spacial score (nSPS) is 11.6. The minimum Gasteiger partial charge on any atom is -0.497 e. The number of nitrogens with one attached hydrogen (secondary N) is 1. The van der Waals surface area contributed by atoms with E-state index < -0.39 is 6.04 Å². The number of likely N-dealkylation sites (N-methyl/N-ethyl adjacent to an activating group) is 1. The Morgan fingerprint density at radius 2 is 1.85 bits per heavy atom. The van der Waals surface area contributed by atoms with Gasteiger partial charge in [0.1, 0.15) is 11.8 Å². The van der Waals surface area contributed by atoms with Gasteiger partial charge in [0.05, 0.1) is 13.5 Å². The van der Waals surface area contributed by atoms with Gasteiger partial charge >= 0.3 is 0 Å². The molecule has 0 fully saturated rings. The van der Waals surface area contributed by atoms with Crippen molar-refractivity contribution in [2.24, 2.45) is 0 Å². The summed E-state index contributed by atoms with van der Waals surface area (Å²) in [6.45, 7) is 4.42. The summed E-state index contributed by atoms with van der Waals surface area (Å²) in [6.07, 6.45) is 0.203. The molecule has 0 radical (unpaired) electrons. The number of ether oxygens (including phenoxy) is 1. The second-order valence-corrected chi connectivity index (χ2v) is 6.68. The van der Waals surface area contributed by atoms with Crippen LogP contribution >= 0.6 is 11.6 Å². The monoisotopic (exact) mass is 388 g/mol. The van der Waals surface area contributed by atoms with Crippen LogP contribution in [0.4, 0.5) is 0 Å². The largest absolute Gasteiger partial charge is 0.497 e. The number of hydrogen-bond acceptors (Lipinski definition) is 3. The van der Waals surface area contributed by atoms with Gasteiger partial charge in [-0.1, -0.05) is 35.9 Å². The molecule has 0 saturated heterocycles. The predicted octanol–water partition coefficient (Wildman–Crippen LogP) is 3.44. The quantitative estimate of drug-likeness (QED) is 0.753. The van der Waals surface area contributed by atoms with Crippen LogP contribution in [-0.2, 0) is 22.6 Å². The molecule has 0 saturated carbocycles. The second kappa shape index (κ2) is 9.97. The minimum absolute atomic E-state index is 0.126. The molecule has 0 aliphatic heterocycles. The summed E-state index contributed by atoms with van der Waals surface area (Å²) in [7, 11) is 1.60. The molecule has 0 aliphatic carbocycles. The third-order valence-electron chi connectivity index (χ3n) is 4.27. The zero-order valence-electron chi connectivity index (χ0n) is 15.9. The van der Waals surface area contributed by atoms with Crippen LogP contribution in [0.2, 0.25) is 5.02 Å². The highest BCUT2D eigenvalue weighted by Gasteiger charge is 2.25. The molecule has 2 amide bonds. The van der Waals surface area contributed by atoms with E-state index in [-0.39, 0.29) is 18.2 Å². The summed E-state index contributed by atoms with van der Waals surface area (Å²) in [5.41, 5.74) is 1.74. The number of halogens is 1. The molecule has 2 rings (SSSR count). The van der Waals surface area contributed by atoms with Crippen LogP contribution in [0.15, 0.2) is 48.5 Å². The van der Waals surface area contributed by atoms with Crippen LogP contribution in [0.25, 0.3) is 0 Å². The van der Waals surface area contributed by atoms with Crippen molar-refractivity contribution in [1.29, 1.82) is 0 Å². The molecule has 2 aromatic rings. The Hall–Kier alpha value is -2.53. The Bertz CT molecular complexity index is 777. The summed E-state index contributed by atoms with van der Waals surface area (Å²) in [4.78, 5) is 26.9. The van der Waals surface area contributed by atoms with Crippen molar-refractivity contribution in [3.05, 3.63) is 64.7 Å². The van der Waals surface area contributed by atoms with Crippen molar-refractivity contribution in [3.8, 4) is 5.75 Å². The second-order valence-electron chi connectivity index (χ2n) is 6.25. The molecule has 6 heteroatoms. The average Bonchev–Trinajstić information content (AvgIpc) is 2.66. The van der Waals surface area contributed by atoms with Crippen molar-refractivity contribution < 1.29 is 14.3 Å². The fourth-order valence-corrected chi connectivity index (χ4v) is 2.97. The molecule has 5 nitrogen and oxygen atoms in total. The lowest BCUT2D eigenvalue weighted by molar-refractivity contribution is -0.140. The number of amides is 2. The molecule has 0 aliphatic rings. The van der Waals surface area contributed by atoms with Crippen LogP contribution in [-0.4, -0.2) is 36.4 Å². The van der Waals surface area contributed by atoms with Crippen LogP contribution in [0.1, 0.15) is 25.0 Å². The number of carbonyl (C=O) groups is 2. The van der Waals surface area contributed by atoms with E-state index in [2.05, 4.69) is 5.32 Å². The Labute approximate surface area is 165 Å². The maximum atomic E-state index is 13.0. The third-order valence-corrected chi connectivity index (χ3v) is 4.51. The molecule has 1 N–H and O–H groups in total. The highest BCUT2D eigenvalue weighted by atomic mass is 35.5. The lowest BCUT2D eigenvalue weighted by atomic mass is 10.1. The van der Waals surface area contributed by atoms with Gasteiger partial charge in [-0.05, 0) is 49.2 Å². The third kappa shape index (κ3) is 6.00. The van der Waals surface area contributed by atoms with Crippen molar-refractivity contribution in [2.45, 2.75) is 32.9 Å². The molecule has 2 aromatic carbocycles. The lowest BCUT2D eigenvalue weighted by Crippen LogP contribution is -2.48. The topological polar surface area (TPSA) is 58.6 Å². The Morgan fingerprint density at radius 3 is 2.44 bits per heavy atom. The van der Waals surface area contributed by atoms with E-state index in [1.807, 2.05) is 43.3 Å². The van der Waals surface area contributed by atoms with Gasteiger partial charge in [-0.3, -0.25) is 9.59 Å². The molecule has 27 heavy (non-hydrogen) atoms. The molecular formula is C21H25ClN2O3. The van der Waals surface area contributed by atoms with Crippen LogP contribution in [0, 0.1) is 0 Å². The van der Waals surface area contributed by atoms with E-state index in [0.717, 1.165) is 16.9 Å². The fourth-order valence-electron chi connectivity index (χ4n) is 2.76. The highest BCUT2D eigenvalue weighted by molar-refractivity contribution is 6.30. The first-order valence-corrected chi connectivity index (χ1v) is 9.27. The molecule has 0 bridgehead atoms. The summed E-state index contributed by atoms with van der Waals surface area (Å²) in [6, 6.07) is 14.1. The molecule has 0 spiro atoms. The highest BCUT2D eigenvalue weighted by Crippen LogP contribution is 2.17. The van der Waals surface area contributed by atoms with E-state index in [1.54, 1.807) is 31.1 Å². The molecule has 0 heterocycles. The average molecular weight is 389 g/mol. The minimum atomic E-state index is -0.588. The van der Waals surface area contributed by atoms with Crippen molar-refractivity contribution in [3.63, 3.8) is 0 Å². The standard InChI is InChI=1S/C21H25ClN2O3/c1-4-23-21(26)15(2)24(14-17-6-5-7-18(22)12-17)20(25)13-16-8-10-19(27-3)11-9-16/h5-12,15H,4,13-14H2,1-3H3,(H,23,26)/t15-/m1/s1. The summed E-state index contributed by atoms with van der Waals surface area (Å²) >= 11 is 6.06. The first kappa shape index (κ1) is 20.8. The Morgan fingerprint density at radius 1 is 1.15 bits per heavy atom. The van der Waals surface area contributed by atoms with Gasteiger partial charge < -0.3 is 15.0 Å². The van der Waals surface area contributed by atoms with E-state index in [1.165, 1.54) is 0 Å². The van der Waals surface area contributed by atoms with Gasteiger partial charge in [0.25, 0.3) is 0 Å². The van der Waals surface area contributed by atoms with Crippen molar-refractivity contribution >= 4 is 23.4 Å². The molecule has 0 unspecified atom stereocenters. The number of benzene rings is 2. The van der Waals surface area contributed by atoms with E-state index in [0.29, 0.717) is 18.1 Å². The van der Waals surface area contributed by atoms with Gasteiger partial charge in [-0.2, -0.15) is 0 Å². The zero-order valence-corrected chi connectivity index (χ0v) is 16.6. The maximum Gasteiger partial charge on any atom is 0.242 e. The lowest BCUT2D eigenvalue weighted by Gasteiger charge is -2.29. The van der Waals surface area contributed by atoms with Crippen LogP contribution in [0.5, 0.6) is 5.75 Å². The predicted molar refractivity (Wildman–Crippen MR) is 107 cm³/mol. The van der Waals surface area contributed by atoms with E-state index in [4.69, 9.17) is 16.3 Å². The fraction of sp³-hybridized carbons (Fsp3) is 0.333. The number of methoxy groups -OCH3 is 1. The summed E-state index contributed by atoms with van der Waals surface area (Å²) in [5, 5.41) is 3.38. The van der Waals surface area contributed by atoms with Gasteiger partial charge in [0, 0.05) is 18.1 Å². The molecule has 0 aromatic heterocycles. The Balaban J connectivity index is 2.20. The van der Waals surface area contributed by atoms with Crippen molar-refractivity contribution in [2.75, 3.05) is 13.7 Å². The van der Waals surface area contributed by atoms with Crippen LogP contribution in [0.3, 0.4) is 0 Å². The van der Waals surface area contributed by atoms with Gasteiger partial charge in [0.2, 0.25) is 11.8 Å². The van der Waals surface area contributed by atoms with E-state index in [9.17, 15) is 9.59 Å². The van der Waals surface area contributed by atoms with E-state index >= 15 is 0 Å². The Kier molecular flexibility index (Phi) is 7.67. The SMILES string of the molecule is CCNC(=O)[C@@H](C)N(Cc1cccc(Cl)c1)C(=O)Cc1ccc(OC)cc1. The summed E-state index contributed by atoms with van der Waals surface area (Å²) < 4.78 is 5.15. The number of hydrogen-bond donors (Lipinski definition) is 1. The summed E-state index contributed by atoms with van der Waals surface area (Å²) in [5.74, 6) is 0.430. The number of rotatable bonds is 8. The first-order chi connectivity index (χ1) is 12.9. The number of nitrogens with zero attached hydrogens (tertiary/aromatic N) is 1. The van der Waals surface area contributed by atoms with Gasteiger partial charge in [0.15, 0.2) is 0 Å². The maximum absolute atomic E-state index is 13.0. The van der Waals surface area contributed by atoms with Gasteiger partial charge in [-0.15, -0.1) is 0 Å². The zero-order chi connectivity index (χ0) is 19.8. The van der Waals surface area contributed by atoms with Crippen LogP contribution < -0.4 is 10.1 Å². The molecule has 1 atom stereocenters. The number of carbonyl (C=O) groups excluding carboxylic acids is 2. The molecular weight excluding hydrogens is 364 g/mol. The van der Waals surface area contributed by atoms with Gasteiger partial charge in [-0.25, -0.2) is 0 Å². The smallest absolute Gasteiger partial charge is 0.242 e. The van der Waals surface area contributed by atoms with Crippen molar-refractivity contribution in [1.82, 2.24) is 10.2 Å². The first-order valence-electron chi connectivity index (χ1n) is 8.89.